The molecule has 7 nitrogen and oxygen atoms in total. The molecule has 3 rings (SSSR count). The lowest BCUT2D eigenvalue weighted by Crippen LogP contribution is -2.52. The maximum atomic E-state index is 13.9. The van der Waals surface area contributed by atoms with Crippen LogP contribution < -0.4 is 20.3 Å². The lowest BCUT2D eigenvalue weighted by molar-refractivity contribution is -0.127. The first-order chi connectivity index (χ1) is 17.6. The zero-order chi connectivity index (χ0) is 27.2. The van der Waals surface area contributed by atoms with Crippen LogP contribution in [0.3, 0.4) is 0 Å². The van der Waals surface area contributed by atoms with Crippen LogP contribution in [0, 0.1) is 13.8 Å². The molecular formula is C29H35N3O4S. The van der Waals surface area contributed by atoms with Crippen molar-refractivity contribution >= 4 is 34.7 Å². The molecule has 0 bridgehead atoms. The summed E-state index contributed by atoms with van der Waals surface area (Å²) in [6.07, 6.45) is 0.706. The number of rotatable bonds is 10. The molecule has 1 atom stereocenters. The van der Waals surface area contributed by atoms with Crippen molar-refractivity contribution < 1.29 is 19.1 Å². The number of anilines is 1. The van der Waals surface area contributed by atoms with Gasteiger partial charge in [-0.25, -0.2) is 0 Å². The van der Waals surface area contributed by atoms with E-state index in [0.717, 1.165) is 11.1 Å². The first-order valence-corrected chi connectivity index (χ1v) is 13.1. The Morgan fingerprint density at radius 2 is 1.81 bits per heavy atom. The molecule has 1 heterocycles. The van der Waals surface area contributed by atoms with Gasteiger partial charge in [-0.05, 0) is 74.9 Å². The van der Waals surface area contributed by atoms with Crippen LogP contribution in [0.25, 0.3) is 0 Å². The number of carbonyl (C=O) groups excluding carboxylic acids is 3. The maximum absolute atomic E-state index is 13.9. The third-order valence-corrected chi connectivity index (χ3v) is 7.16. The van der Waals surface area contributed by atoms with Crippen LogP contribution in [0.4, 0.5) is 5.69 Å². The molecule has 2 N–H and O–H groups in total. The molecule has 0 aliphatic carbocycles. The smallest absolute Gasteiger partial charge is 0.261 e. The van der Waals surface area contributed by atoms with Crippen LogP contribution in [0.1, 0.15) is 59.6 Å². The molecule has 2 aromatic carbocycles. The van der Waals surface area contributed by atoms with Gasteiger partial charge in [0.25, 0.3) is 5.91 Å². The van der Waals surface area contributed by atoms with Crippen LogP contribution in [-0.4, -0.2) is 36.9 Å². The van der Waals surface area contributed by atoms with Crippen LogP contribution >= 0.6 is 11.3 Å². The first kappa shape index (κ1) is 27.9. The summed E-state index contributed by atoms with van der Waals surface area (Å²) in [4.78, 5) is 42.4. The number of nitrogens with one attached hydrogen (secondary N) is 2. The normalized spacial score (nSPS) is 11.9. The summed E-state index contributed by atoms with van der Waals surface area (Å²) in [7, 11) is 1.56. The van der Waals surface area contributed by atoms with Crippen molar-refractivity contribution in [2.75, 3.05) is 18.6 Å². The Bertz CT molecular complexity index is 1250. The molecule has 0 saturated carbocycles. The predicted octanol–water partition coefficient (Wildman–Crippen LogP) is 5.18. The molecular weight excluding hydrogens is 486 g/mol. The van der Waals surface area contributed by atoms with Gasteiger partial charge in [0.1, 0.15) is 11.8 Å². The molecule has 0 radical (unpaired) electrons. The van der Waals surface area contributed by atoms with Crippen LogP contribution in [0.5, 0.6) is 5.75 Å². The highest BCUT2D eigenvalue weighted by atomic mass is 32.1. The lowest BCUT2D eigenvalue weighted by Gasteiger charge is -2.35. The molecule has 3 amide bonds. The summed E-state index contributed by atoms with van der Waals surface area (Å²) in [5, 5.41) is 7.63. The average molecular weight is 522 g/mol. The van der Waals surface area contributed by atoms with Crippen molar-refractivity contribution in [2.24, 2.45) is 0 Å². The van der Waals surface area contributed by atoms with Gasteiger partial charge in [-0.3, -0.25) is 19.3 Å². The van der Waals surface area contributed by atoms with E-state index >= 15 is 0 Å². The van der Waals surface area contributed by atoms with Gasteiger partial charge in [0.2, 0.25) is 11.8 Å². The number of carbonyl (C=O) groups is 3. The third-order valence-electron chi connectivity index (χ3n) is 6.29. The van der Waals surface area contributed by atoms with E-state index in [1.165, 1.54) is 16.2 Å². The standard InChI is InChI=1S/C29H35N3O4S/c1-7-29(4,5)31-28(35)26(21-10-8-11-22(17-21)36-6)32(23-14-13-19(2)16-20(23)3)25(33)18-30-27(34)24-12-9-15-37-24/h8-17,26H,7,18H2,1-6H3,(H,30,34)(H,31,35)/t26-/m0/s1. The summed E-state index contributed by atoms with van der Waals surface area (Å²) in [6, 6.07) is 15.4. The number of benzene rings is 2. The Morgan fingerprint density at radius 3 is 2.43 bits per heavy atom. The van der Waals surface area contributed by atoms with E-state index in [4.69, 9.17) is 4.74 Å². The summed E-state index contributed by atoms with van der Waals surface area (Å²) < 4.78 is 5.42. The number of amides is 3. The fourth-order valence-electron chi connectivity index (χ4n) is 3.95. The second-order valence-electron chi connectivity index (χ2n) is 9.62. The monoisotopic (exact) mass is 521 g/mol. The van der Waals surface area contributed by atoms with E-state index < -0.39 is 17.5 Å². The number of hydrogen-bond acceptors (Lipinski definition) is 5. The molecule has 196 valence electrons. The minimum atomic E-state index is -0.992. The molecule has 0 aliphatic rings. The maximum Gasteiger partial charge on any atom is 0.261 e. The quantitative estimate of drug-likeness (QED) is 0.385. The van der Waals surface area contributed by atoms with Gasteiger partial charge < -0.3 is 15.4 Å². The molecule has 37 heavy (non-hydrogen) atoms. The topological polar surface area (TPSA) is 87.7 Å². The second kappa shape index (κ2) is 12.1. The van der Waals surface area contributed by atoms with E-state index in [1.54, 1.807) is 48.9 Å². The van der Waals surface area contributed by atoms with Crippen molar-refractivity contribution in [3.05, 3.63) is 81.5 Å². The Kier molecular flexibility index (Phi) is 9.10. The summed E-state index contributed by atoms with van der Waals surface area (Å²) in [5.74, 6) is -0.491. The Balaban J connectivity index is 2.10. The summed E-state index contributed by atoms with van der Waals surface area (Å²) in [5.41, 5.74) is 2.58. The van der Waals surface area contributed by atoms with Crippen molar-refractivity contribution in [1.82, 2.24) is 10.6 Å². The number of ether oxygens (including phenoxy) is 1. The summed E-state index contributed by atoms with van der Waals surface area (Å²) >= 11 is 1.30. The van der Waals surface area contributed by atoms with E-state index in [0.29, 0.717) is 28.3 Å². The molecule has 0 unspecified atom stereocenters. The molecule has 1 aromatic heterocycles. The predicted molar refractivity (Wildman–Crippen MR) is 148 cm³/mol. The van der Waals surface area contributed by atoms with Crippen LogP contribution in [-0.2, 0) is 9.59 Å². The van der Waals surface area contributed by atoms with Crippen molar-refractivity contribution in [3.63, 3.8) is 0 Å². The van der Waals surface area contributed by atoms with Crippen molar-refractivity contribution in [3.8, 4) is 5.75 Å². The highest BCUT2D eigenvalue weighted by Gasteiger charge is 2.36. The fraction of sp³-hybridized carbons (Fsp3) is 0.345. The van der Waals surface area contributed by atoms with E-state index in [1.807, 2.05) is 52.8 Å². The van der Waals surface area contributed by atoms with Gasteiger partial charge >= 0.3 is 0 Å². The van der Waals surface area contributed by atoms with Gasteiger partial charge in [0.15, 0.2) is 0 Å². The minimum Gasteiger partial charge on any atom is -0.497 e. The minimum absolute atomic E-state index is 0.269. The van der Waals surface area contributed by atoms with E-state index in [2.05, 4.69) is 10.6 Å². The SMILES string of the molecule is CCC(C)(C)NC(=O)[C@H](c1cccc(OC)c1)N(C(=O)CNC(=O)c1cccs1)c1ccc(C)cc1C. The Hall–Kier alpha value is -3.65. The van der Waals surface area contributed by atoms with Gasteiger partial charge in [-0.1, -0.05) is 42.8 Å². The largest absolute Gasteiger partial charge is 0.497 e. The molecule has 8 heteroatoms. The van der Waals surface area contributed by atoms with Gasteiger partial charge in [0.05, 0.1) is 18.5 Å². The number of nitrogens with zero attached hydrogens (tertiary/aromatic N) is 1. The van der Waals surface area contributed by atoms with Crippen LogP contribution in [0.15, 0.2) is 60.0 Å². The molecule has 0 spiro atoms. The number of aryl methyl sites for hydroxylation is 2. The van der Waals surface area contributed by atoms with Gasteiger partial charge in [-0.15, -0.1) is 11.3 Å². The third kappa shape index (κ3) is 6.98. The lowest BCUT2D eigenvalue weighted by atomic mass is 9.97. The highest BCUT2D eigenvalue weighted by Crippen LogP contribution is 2.33. The Morgan fingerprint density at radius 1 is 1.05 bits per heavy atom. The second-order valence-corrected chi connectivity index (χ2v) is 10.6. The number of methoxy groups -OCH3 is 1. The van der Waals surface area contributed by atoms with Gasteiger partial charge in [0, 0.05) is 11.2 Å². The van der Waals surface area contributed by atoms with E-state index in [9.17, 15) is 14.4 Å². The highest BCUT2D eigenvalue weighted by molar-refractivity contribution is 7.12. The van der Waals surface area contributed by atoms with Crippen LogP contribution in [0.2, 0.25) is 0 Å². The summed E-state index contributed by atoms with van der Waals surface area (Å²) in [6.45, 7) is 9.49. The number of hydrogen-bond donors (Lipinski definition) is 2. The van der Waals surface area contributed by atoms with Gasteiger partial charge in [-0.2, -0.15) is 0 Å². The van der Waals surface area contributed by atoms with E-state index in [-0.39, 0.29) is 18.4 Å². The number of thiophene rings is 1. The molecule has 3 aromatic rings. The fourth-order valence-corrected chi connectivity index (χ4v) is 4.59. The van der Waals surface area contributed by atoms with Crippen molar-refractivity contribution in [1.29, 1.82) is 0 Å². The zero-order valence-electron chi connectivity index (χ0n) is 22.3. The first-order valence-electron chi connectivity index (χ1n) is 12.2. The molecule has 0 fully saturated rings. The van der Waals surface area contributed by atoms with Crippen molar-refractivity contribution in [2.45, 2.75) is 52.6 Å². The zero-order valence-corrected chi connectivity index (χ0v) is 23.1. The molecule has 0 aliphatic heterocycles. The average Bonchev–Trinajstić information content (AvgIpc) is 3.41. The molecule has 0 saturated heterocycles. The Labute approximate surface area is 222 Å².